The van der Waals surface area contributed by atoms with Crippen molar-refractivity contribution in [1.29, 1.82) is 0 Å². The molecule has 0 bridgehead atoms. The van der Waals surface area contributed by atoms with Crippen LogP contribution >= 0.6 is 0 Å². The molecule has 0 N–H and O–H groups in total. The molecule has 1 rings (SSSR count). The Hall–Kier alpha value is -0.380. The van der Waals surface area contributed by atoms with E-state index < -0.39 is 9.73 Å². The number of Topliss-reactive ketones (excluding diaryl/α,β-unsaturated/α-hetero) is 1. The topological polar surface area (TPSA) is 46.5 Å². The second-order valence-corrected chi connectivity index (χ2v) is 6.92. The number of hydrogen-bond acceptors (Lipinski definition) is 3. The van der Waals surface area contributed by atoms with Crippen LogP contribution in [-0.2, 0) is 14.5 Å². The van der Waals surface area contributed by atoms with Crippen molar-refractivity contribution in [2.45, 2.75) is 26.7 Å². The molecule has 0 unspecified atom stereocenters. The van der Waals surface area contributed by atoms with E-state index in [0.29, 0.717) is 17.3 Å². The predicted molar refractivity (Wildman–Crippen MR) is 58.8 cm³/mol. The molecule has 1 fully saturated rings. The zero-order chi connectivity index (χ0) is 10.8. The highest BCUT2D eigenvalue weighted by Gasteiger charge is 2.28. The Bertz CT molecular complexity index is 313. The summed E-state index contributed by atoms with van der Waals surface area (Å²) in [7, 11) is -0.329. The lowest BCUT2D eigenvalue weighted by atomic mass is 9.91. The van der Waals surface area contributed by atoms with Crippen LogP contribution in [0, 0.1) is 11.8 Å². The summed E-state index contributed by atoms with van der Waals surface area (Å²) < 4.78 is 15.8. The SMILES string of the molecule is CN=S1(=O)CCC(C(=O)C(C)C)CC1. The highest BCUT2D eigenvalue weighted by Crippen LogP contribution is 2.23. The predicted octanol–water partition coefficient (Wildman–Crippen LogP) is 1.72. The Morgan fingerprint density at radius 3 is 2.21 bits per heavy atom. The average molecular weight is 217 g/mol. The van der Waals surface area contributed by atoms with Crippen LogP contribution in [0.25, 0.3) is 0 Å². The third-order valence-electron chi connectivity index (χ3n) is 2.87. The van der Waals surface area contributed by atoms with E-state index >= 15 is 0 Å². The molecule has 1 aliphatic rings. The Morgan fingerprint density at radius 2 is 1.86 bits per heavy atom. The van der Waals surface area contributed by atoms with Gasteiger partial charge in [0.2, 0.25) is 0 Å². The van der Waals surface area contributed by atoms with Gasteiger partial charge in [0.1, 0.15) is 5.78 Å². The van der Waals surface area contributed by atoms with E-state index in [1.54, 1.807) is 7.05 Å². The van der Waals surface area contributed by atoms with Crippen LogP contribution in [0.15, 0.2) is 4.36 Å². The van der Waals surface area contributed by atoms with E-state index in [4.69, 9.17) is 0 Å². The van der Waals surface area contributed by atoms with Gasteiger partial charge in [-0.15, -0.1) is 0 Å². The Kier molecular flexibility index (Phi) is 3.70. The highest BCUT2D eigenvalue weighted by atomic mass is 32.2. The van der Waals surface area contributed by atoms with Crippen LogP contribution in [0.5, 0.6) is 0 Å². The van der Waals surface area contributed by atoms with Crippen molar-refractivity contribution in [3.63, 3.8) is 0 Å². The van der Waals surface area contributed by atoms with Crippen molar-refractivity contribution in [1.82, 2.24) is 0 Å². The lowest BCUT2D eigenvalue weighted by molar-refractivity contribution is -0.126. The first-order valence-corrected chi connectivity index (χ1v) is 6.98. The molecule has 1 saturated heterocycles. The van der Waals surface area contributed by atoms with Gasteiger partial charge in [-0.2, -0.15) is 0 Å². The van der Waals surface area contributed by atoms with E-state index in [1.807, 2.05) is 13.8 Å². The normalized spacial score (nSPS) is 33.0. The van der Waals surface area contributed by atoms with E-state index in [-0.39, 0.29) is 11.8 Å². The minimum atomic E-state index is -1.95. The second-order valence-electron chi connectivity index (χ2n) is 4.19. The fourth-order valence-corrected chi connectivity index (χ4v) is 3.71. The third-order valence-corrected chi connectivity index (χ3v) is 5.29. The monoisotopic (exact) mass is 217 g/mol. The third kappa shape index (κ3) is 2.56. The standard InChI is InChI=1S/C10H19NO2S/c1-8(2)10(12)9-4-6-14(13,11-3)7-5-9/h8-9H,4-7H2,1-3H3. The summed E-state index contributed by atoms with van der Waals surface area (Å²) in [5.74, 6) is 1.76. The number of ketones is 1. The van der Waals surface area contributed by atoms with Gasteiger partial charge in [-0.25, -0.2) is 8.57 Å². The zero-order valence-electron chi connectivity index (χ0n) is 9.16. The van der Waals surface area contributed by atoms with E-state index in [0.717, 1.165) is 12.8 Å². The fourth-order valence-electron chi connectivity index (χ4n) is 1.84. The molecule has 0 aromatic heterocycles. The van der Waals surface area contributed by atoms with Crippen LogP contribution in [0.4, 0.5) is 0 Å². The molecule has 0 aromatic rings. The summed E-state index contributed by atoms with van der Waals surface area (Å²) in [6, 6.07) is 0. The Labute approximate surface area is 86.5 Å². The van der Waals surface area contributed by atoms with Crippen molar-refractivity contribution in [2.75, 3.05) is 18.6 Å². The maximum Gasteiger partial charge on any atom is 0.138 e. The maximum absolute atomic E-state index is 11.8. The summed E-state index contributed by atoms with van der Waals surface area (Å²) in [4.78, 5) is 11.7. The van der Waals surface area contributed by atoms with Gasteiger partial charge in [-0.1, -0.05) is 13.8 Å². The summed E-state index contributed by atoms with van der Waals surface area (Å²) in [5, 5.41) is 0. The molecule has 1 aliphatic heterocycles. The van der Waals surface area contributed by atoms with Crippen molar-refractivity contribution in [2.24, 2.45) is 16.2 Å². The van der Waals surface area contributed by atoms with Gasteiger partial charge in [0.25, 0.3) is 0 Å². The van der Waals surface area contributed by atoms with Crippen molar-refractivity contribution in [3.05, 3.63) is 0 Å². The van der Waals surface area contributed by atoms with Crippen LogP contribution in [0.1, 0.15) is 26.7 Å². The minimum absolute atomic E-state index is 0.104. The first-order valence-electron chi connectivity index (χ1n) is 5.13. The molecule has 0 spiro atoms. The molecule has 4 heteroatoms. The molecule has 0 aromatic carbocycles. The molecule has 0 atom stereocenters. The van der Waals surface area contributed by atoms with Gasteiger partial charge < -0.3 is 0 Å². The lowest BCUT2D eigenvalue weighted by Crippen LogP contribution is -2.30. The van der Waals surface area contributed by atoms with Crippen LogP contribution in [-0.4, -0.2) is 28.5 Å². The van der Waals surface area contributed by atoms with Gasteiger partial charge in [-0.3, -0.25) is 4.79 Å². The molecule has 0 amide bonds. The maximum atomic E-state index is 11.8. The van der Waals surface area contributed by atoms with Gasteiger partial charge in [0.05, 0.1) is 0 Å². The van der Waals surface area contributed by atoms with Gasteiger partial charge in [0, 0.05) is 40.1 Å². The van der Waals surface area contributed by atoms with Crippen LogP contribution < -0.4 is 0 Å². The van der Waals surface area contributed by atoms with Gasteiger partial charge >= 0.3 is 0 Å². The summed E-state index contributed by atoms with van der Waals surface area (Å²) in [5.41, 5.74) is 0. The number of carbonyl (C=O) groups excluding carboxylic acids is 1. The number of hydrogen-bond donors (Lipinski definition) is 0. The first-order chi connectivity index (χ1) is 6.48. The molecular formula is C10H19NO2S. The molecule has 0 radical (unpaired) electrons. The number of carbonyl (C=O) groups is 1. The molecule has 14 heavy (non-hydrogen) atoms. The fraction of sp³-hybridized carbons (Fsp3) is 0.900. The minimum Gasteiger partial charge on any atom is -0.299 e. The first kappa shape index (κ1) is 11.7. The Balaban J connectivity index is 2.60. The quantitative estimate of drug-likeness (QED) is 0.707. The smallest absolute Gasteiger partial charge is 0.138 e. The van der Waals surface area contributed by atoms with E-state index in [1.165, 1.54) is 0 Å². The second kappa shape index (κ2) is 4.43. The van der Waals surface area contributed by atoms with E-state index in [9.17, 15) is 9.00 Å². The Morgan fingerprint density at radius 1 is 1.36 bits per heavy atom. The number of nitrogens with zero attached hydrogens (tertiary/aromatic N) is 1. The molecule has 0 aliphatic carbocycles. The molecule has 1 heterocycles. The largest absolute Gasteiger partial charge is 0.299 e. The van der Waals surface area contributed by atoms with Crippen molar-refractivity contribution in [3.8, 4) is 0 Å². The zero-order valence-corrected chi connectivity index (χ0v) is 9.97. The van der Waals surface area contributed by atoms with Crippen LogP contribution in [0.3, 0.4) is 0 Å². The summed E-state index contributed by atoms with van der Waals surface area (Å²) in [6.07, 6.45) is 1.51. The summed E-state index contributed by atoms with van der Waals surface area (Å²) in [6.45, 7) is 3.86. The lowest BCUT2D eigenvalue weighted by Gasteiger charge is -2.24. The molecular weight excluding hydrogens is 198 g/mol. The number of rotatable bonds is 2. The van der Waals surface area contributed by atoms with Gasteiger partial charge in [-0.05, 0) is 12.8 Å². The van der Waals surface area contributed by atoms with Crippen molar-refractivity contribution >= 4 is 15.5 Å². The highest BCUT2D eigenvalue weighted by molar-refractivity contribution is 7.93. The van der Waals surface area contributed by atoms with E-state index in [2.05, 4.69) is 4.36 Å². The molecule has 3 nitrogen and oxygen atoms in total. The average Bonchev–Trinajstić information content (AvgIpc) is 2.18. The summed E-state index contributed by atoms with van der Waals surface area (Å²) >= 11 is 0. The van der Waals surface area contributed by atoms with Gasteiger partial charge in [0.15, 0.2) is 0 Å². The molecule has 82 valence electrons. The van der Waals surface area contributed by atoms with Crippen LogP contribution in [0.2, 0.25) is 0 Å². The molecule has 0 saturated carbocycles. The van der Waals surface area contributed by atoms with Crippen molar-refractivity contribution < 1.29 is 9.00 Å².